The summed E-state index contributed by atoms with van der Waals surface area (Å²) in [7, 11) is 1.64. The molecule has 1 fully saturated rings. The number of likely N-dealkylation sites (tertiary alicyclic amines) is 1. The van der Waals surface area contributed by atoms with Crippen LogP contribution in [0.1, 0.15) is 30.5 Å². The Hall–Kier alpha value is -3.75. The number of aromatic amines is 1. The predicted octanol–water partition coefficient (Wildman–Crippen LogP) is 3.20. The van der Waals surface area contributed by atoms with Crippen molar-refractivity contribution < 1.29 is 19.0 Å². The van der Waals surface area contributed by atoms with E-state index in [9.17, 15) is 4.79 Å². The molecule has 0 aliphatic carbocycles. The van der Waals surface area contributed by atoms with Crippen molar-refractivity contribution in [2.45, 2.75) is 25.8 Å². The van der Waals surface area contributed by atoms with Crippen LogP contribution in [-0.2, 0) is 11.3 Å². The molecule has 4 heterocycles. The molecule has 2 aliphatic rings. The van der Waals surface area contributed by atoms with Crippen molar-refractivity contribution in [2.75, 3.05) is 38.7 Å². The number of methoxy groups -OCH3 is 1. The van der Waals surface area contributed by atoms with E-state index in [1.165, 1.54) is 0 Å². The summed E-state index contributed by atoms with van der Waals surface area (Å²) in [6.45, 7) is 4.70. The highest BCUT2D eigenvalue weighted by Crippen LogP contribution is 2.37. The van der Waals surface area contributed by atoms with E-state index in [1.54, 1.807) is 20.2 Å². The van der Waals surface area contributed by atoms with Crippen molar-refractivity contribution in [3.05, 3.63) is 47.9 Å². The first-order valence-corrected chi connectivity index (χ1v) is 11.1. The molecule has 9 nitrogen and oxygen atoms in total. The average molecular weight is 450 g/mol. The van der Waals surface area contributed by atoms with Gasteiger partial charge < -0.3 is 24.4 Å². The van der Waals surface area contributed by atoms with Crippen molar-refractivity contribution in [2.24, 2.45) is 0 Å². The summed E-state index contributed by atoms with van der Waals surface area (Å²) in [6.07, 6.45) is 4.55. The van der Waals surface area contributed by atoms with Crippen LogP contribution in [0.5, 0.6) is 17.2 Å². The summed E-state index contributed by atoms with van der Waals surface area (Å²) in [5, 5.41) is 10.8. The van der Waals surface area contributed by atoms with Crippen molar-refractivity contribution >= 4 is 11.7 Å². The number of carbonyl (C=O) groups is 1. The molecule has 1 amide bonds. The van der Waals surface area contributed by atoms with Gasteiger partial charge in [-0.3, -0.25) is 9.89 Å². The van der Waals surface area contributed by atoms with Gasteiger partial charge in [-0.15, -0.1) is 0 Å². The fourth-order valence-electron chi connectivity index (χ4n) is 4.44. The van der Waals surface area contributed by atoms with Crippen LogP contribution in [0, 0.1) is 0 Å². The Morgan fingerprint density at radius 3 is 2.85 bits per heavy atom. The van der Waals surface area contributed by atoms with E-state index in [2.05, 4.69) is 20.5 Å². The third-order valence-corrected chi connectivity index (χ3v) is 6.19. The summed E-state index contributed by atoms with van der Waals surface area (Å²) in [5.74, 6) is 3.26. The maximum atomic E-state index is 11.7. The maximum absolute atomic E-state index is 11.7. The normalized spacial score (nSPS) is 17.2. The third kappa shape index (κ3) is 4.30. The summed E-state index contributed by atoms with van der Waals surface area (Å²) >= 11 is 0. The van der Waals surface area contributed by atoms with Crippen LogP contribution in [0.25, 0.3) is 11.1 Å². The molecule has 1 unspecified atom stereocenters. The molecule has 2 N–H and O–H groups in total. The zero-order valence-electron chi connectivity index (χ0n) is 18.8. The Morgan fingerprint density at radius 1 is 1.27 bits per heavy atom. The highest BCUT2D eigenvalue weighted by Gasteiger charge is 2.28. The molecule has 3 aromatic rings. The molecule has 0 saturated carbocycles. The smallest absolute Gasteiger partial charge is 0.219 e. The van der Waals surface area contributed by atoms with Crippen LogP contribution < -0.4 is 19.5 Å². The highest BCUT2D eigenvalue weighted by molar-refractivity contribution is 5.74. The molecule has 0 bridgehead atoms. The van der Waals surface area contributed by atoms with Crippen molar-refractivity contribution in [1.82, 2.24) is 20.1 Å². The van der Waals surface area contributed by atoms with E-state index >= 15 is 0 Å². The summed E-state index contributed by atoms with van der Waals surface area (Å²) in [4.78, 5) is 18.1. The number of H-pyrrole nitrogens is 1. The van der Waals surface area contributed by atoms with E-state index < -0.39 is 0 Å². The Labute approximate surface area is 192 Å². The summed E-state index contributed by atoms with van der Waals surface area (Å²) in [5.41, 5.74) is 4.07. The number of pyridine rings is 1. The molecular formula is C24H27N5O4. The number of hydrogen-bond donors (Lipinski definition) is 2. The molecule has 1 atom stereocenters. The molecule has 9 heteroatoms. The van der Waals surface area contributed by atoms with Crippen LogP contribution >= 0.6 is 0 Å². The number of fused-ring (bicyclic) bond motifs is 1. The van der Waals surface area contributed by atoms with Gasteiger partial charge in [0.1, 0.15) is 24.8 Å². The first-order valence-electron chi connectivity index (χ1n) is 11.1. The number of rotatable bonds is 6. The van der Waals surface area contributed by atoms with E-state index in [0.717, 1.165) is 52.7 Å². The van der Waals surface area contributed by atoms with Gasteiger partial charge in [-0.1, -0.05) is 0 Å². The number of aromatic nitrogens is 3. The van der Waals surface area contributed by atoms with Gasteiger partial charge in [-0.05, 0) is 30.2 Å². The van der Waals surface area contributed by atoms with Gasteiger partial charge in [0.05, 0.1) is 13.3 Å². The van der Waals surface area contributed by atoms with Gasteiger partial charge in [-0.25, -0.2) is 4.98 Å². The van der Waals surface area contributed by atoms with Gasteiger partial charge in [0.2, 0.25) is 5.91 Å². The number of nitrogens with one attached hydrogen (secondary N) is 2. The Balaban J connectivity index is 1.33. The minimum absolute atomic E-state index is 0.114. The van der Waals surface area contributed by atoms with Crippen molar-refractivity contribution in [3.8, 4) is 28.4 Å². The zero-order valence-corrected chi connectivity index (χ0v) is 18.8. The molecule has 1 saturated heterocycles. The van der Waals surface area contributed by atoms with Crippen LogP contribution in [0.4, 0.5) is 5.82 Å². The first kappa shape index (κ1) is 21.1. The summed E-state index contributed by atoms with van der Waals surface area (Å²) < 4.78 is 16.9. The molecule has 0 spiro atoms. The lowest BCUT2D eigenvalue weighted by atomic mass is 9.97. The number of anilines is 1. The minimum Gasteiger partial charge on any atom is -0.496 e. The fraction of sp³-hybridized carbons (Fsp3) is 0.375. The number of nitrogens with zero attached hydrogens (tertiary/aromatic N) is 3. The lowest BCUT2D eigenvalue weighted by molar-refractivity contribution is -0.127. The number of benzene rings is 1. The van der Waals surface area contributed by atoms with E-state index in [4.69, 9.17) is 14.2 Å². The van der Waals surface area contributed by atoms with Crippen LogP contribution in [0.3, 0.4) is 0 Å². The lowest BCUT2D eigenvalue weighted by Crippen LogP contribution is -2.25. The van der Waals surface area contributed by atoms with Gasteiger partial charge in [0.25, 0.3) is 0 Å². The second-order valence-corrected chi connectivity index (χ2v) is 8.24. The maximum Gasteiger partial charge on any atom is 0.219 e. The third-order valence-electron chi connectivity index (χ3n) is 6.19. The Morgan fingerprint density at radius 2 is 2.09 bits per heavy atom. The largest absolute Gasteiger partial charge is 0.496 e. The number of hydrogen-bond acceptors (Lipinski definition) is 7. The second kappa shape index (κ2) is 9.01. The van der Waals surface area contributed by atoms with Crippen molar-refractivity contribution in [3.63, 3.8) is 0 Å². The monoisotopic (exact) mass is 449 g/mol. The number of ether oxygens (including phenoxy) is 3. The summed E-state index contributed by atoms with van der Waals surface area (Å²) in [6, 6.07) is 7.79. The minimum atomic E-state index is 0.114. The SMILES string of the molecule is COc1cc2c(cc1CNc1cc(-c3cn[nH]c3C3CCN(C(C)=O)C3)ccn1)OCCO2. The standard InChI is InChI=1S/C24H27N5O4/c1-15(30)29-6-4-17(14-29)24-19(13-27-28-24)16-3-5-25-23(10-16)26-12-18-9-21-22(11-20(18)31-2)33-8-7-32-21/h3,5,9-11,13,17H,4,6-8,12,14H2,1-2H3,(H,25,26)(H,27,28). The van der Waals surface area contributed by atoms with Crippen LogP contribution in [-0.4, -0.2) is 59.4 Å². The average Bonchev–Trinajstić information content (AvgIpc) is 3.52. The van der Waals surface area contributed by atoms with Gasteiger partial charge in [0, 0.05) is 61.6 Å². The molecule has 33 heavy (non-hydrogen) atoms. The van der Waals surface area contributed by atoms with E-state index in [0.29, 0.717) is 32.1 Å². The van der Waals surface area contributed by atoms with Gasteiger partial charge in [0.15, 0.2) is 11.5 Å². The number of amides is 1. The molecule has 5 rings (SSSR count). The predicted molar refractivity (Wildman–Crippen MR) is 123 cm³/mol. The quantitative estimate of drug-likeness (QED) is 0.596. The van der Waals surface area contributed by atoms with Crippen molar-refractivity contribution in [1.29, 1.82) is 0 Å². The lowest BCUT2D eigenvalue weighted by Gasteiger charge is -2.21. The fourth-order valence-corrected chi connectivity index (χ4v) is 4.44. The molecule has 1 aromatic carbocycles. The Kier molecular flexibility index (Phi) is 5.77. The molecular weight excluding hydrogens is 422 g/mol. The molecule has 2 aliphatic heterocycles. The van der Waals surface area contributed by atoms with E-state index in [-0.39, 0.29) is 11.8 Å². The van der Waals surface area contributed by atoms with E-state index in [1.807, 2.05) is 35.4 Å². The Bertz CT molecular complexity index is 1160. The van der Waals surface area contributed by atoms with Crippen LogP contribution in [0.2, 0.25) is 0 Å². The van der Waals surface area contributed by atoms with Gasteiger partial charge in [-0.2, -0.15) is 5.10 Å². The van der Waals surface area contributed by atoms with Crippen LogP contribution in [0.15, 0.2) is 36.7 Å². The zero-order chi connectivity index (χ0) is 22.8. The topological polar surface area (TPSA) is 102 Å². The molecule has 2 aromatic heterocycles. The first-order chi connectivity index (χ1) is 16.1. The second-order valence-electron chi connectivity index (χ2n) is 8.24. The van der Waals surface area contributed by atoms with Gasteiger partial charge >= 0.3 is 0 Å². The highest BCUT2D eigenvalue weighted by atomic mass is 16.6. The molecule has 172 valence electrons. The number of carbonyl (C=O) groups excluding carboxylic acids is 1. The molecule has 0 radical (unpaired) electrons.